The molecule has 94 valence electrons. The molecular formula is C14H14O3S. The topological polar surface area (TPSA) is 35.5 Å². The van der Waals surface area contributed by atoms with E-state index in [0.717, 1.165) is 5.56 Å². The zero-order valence-electron chi connectivity index (χ0n) is 10.3. The minimum absolute atomic E-state index is 0.338. The normalized spacial score (nSPS) is 10.1. The molecule has 0 unspecified atom stereocenters. The van der Waals surface area contributed by atoms with E-state index in [0.29, 0.717) is 23.0 Å². The highest BCUT2D eigenvalue weighted by Gasteiger charge is 2.15. The Balaban J connectivity index is 2.19. The van der Waals surface area contributed by atoms with E-state index in [1.54, 1.807) is 12.1 Å². The number of hydrogen-bond acceptors (Lipinski definition) is 4. The molecule has 0 radical (unpaired) electrons. The second-order valence-electron chi connectivity index (χ2n) is 3.70. The number of hydrogen-bond donors (Lipinski definition) is 0. The molecule has 0 fully saturated rings. The molecule has 0 N–H and O–H groups in total. The van der Waals surface area contributed by atoms with Crippen LogP contribution in [0.25, 0.3) is 0 Å². The van der Waals surface area contributed by atoms with E-state index in [2.05, 4.69) is 0 Å². The minimum atomic E-state index is -0.338. The predicted molar refractivity (Wildman–Crippen MR) is 71.6 cm³/mol. The van der Waals surface area contributed by atoms with Crippen molar-refractivity contribution in [1.29, 1.82) is 0 Å². The van der Waals surface area contributed by atoms with Crippen LogP contribution in [-0.4, -0.2) is 12.6 Å². The number of benzene rings is 1. The maximum Gasteiger partial charge on any atom is 0.354 e. The third-order valence-electron chi connectivity index (χ3n) is 2.40. The summed E-state index contributed by atoms with van der Waals surface area (Å²) in [5, 5.41) is 1.88. The van der Waals surface area contributed by atoms with Crippen molar-refractivity contribution < 1.29 is 14.3 Å². The molecule has 2 rings (SSSR count). The zero-order valence-corrected chi connectivity index (χ0v) is 11.1. The van der Waals surface area contributed by atoms with Gasteiger partial charge in [-0.15, -0.1) is 11.3 Å². The summed E-state index contributed by atoms with van der Waals surface area (Å²) in [5.41, 5.74) is 0.930. The first kappa shape index (κ1) is 12.6. The maximum absolute atomic E-state index is 12.0. The summed E-state index contributed by atoms with van der Waals surface area (Å²) in [7, 11) is 0. The van der Waals surface area contributed by atoms with Gasteiger partial charge in [0.05, 0.1) is 6.61 Å². The minimum Gasteiger partial charge on any atom is -0.490 e. The molecule has 0 aliphatic carbocycles. The number of para-hydroxylation sites is 2. The van der Waals surface area contributed by atoms with Gasteiger partial charge in [-0.3, -0.25) is 0 Å². The first-order valence-electron chi connectivity index (χ1n) is 5.70. The van der Waals surface area contributed by atoms with Crippen LogP contribution in [0.15, 0.2) is 35.7 Å². The molecular weight excluding hydrogens is 248 g/mol. The first-order chi connectivity index (χ1) is 8.72. The molecule has 0 aliphatic rings. The van der Waals surface area contributed by atoms with Gasteiger partial charge in [0.2, 0.25) is 0 Å². The van der Waals surface area contributed by atoms with Gasteiger partial charge < -0.3 is 9.47 Å². The van der Waals surface area contributed by atoms with E-state index in [1.165, 1.54) is 11.3 Å². The highest BCUT2D eigenvalue weighted by Crippen LogP contribution is 2.28. The van der Waals surface area contributed by atoms with Crippen molar-refractivity contribution in [3.05, 3.63) is 46.2 Å². The van der Waals surface area contributed by atoms with Crippen molar-refractivity contribution in [3.63, 3.8) is 0 Å². The van der Waals surface area contributed by atoms with Gasteiger partial charge in [0.25, 0.3) is 0 Å². The summed E-state index contributed by atoms with van der Waals surface area (Å²) in [4.78, 5) is 12.6. The van der Waals surface area contributed by atoms with E-state index < -0.39 is 0 Å². The number of ether oxygens (including phenoxy) is 2. The fraction of sp³-hybridized carbons (Fsp3) is 0.214. The molecule has 2 aromatic rings. The fourth-order valence-corrected chi connectivity index (χ4v) is 2.34. The van der Waals surface area contributed by atoms with Crippen LogP contribution in [0.3, 0.4) is 0 Å². The lowest BCUT2D eigenvalue weighted by Gasteiger charge is -2.09. The lowest BCUT2D eigenvalue weighted by atomic mass is 10.3. The lowest BCUT2D eigenvalue weighted by molar-refractivity contribution is 0.0733. The fourth-order valence-electron chi connectivity index (χ4n) is 1.54. The average Bonchev–Trinajstić information content (AvgIpc) is 2.78. The number of esters is 1. The van der Waals surface area contributed by atoms with E-state index in [4.69, 9.17) is 9.47 Å². The van der Waals surface area contributed by atoms with Crippen LogP contribution in [0, 0.1) is 6.92 Å². The monoisotopic (exact) mass is 262 g/mol. The summed E-state index contributed by atoms with van der Waals surface area (Å²) in [5.74, 6) is 0.703. The quantitative estimate of drug-likeness (QED) is 0.623. The van der Waals surface area contributed by atoms with E-state index >= 15 is 0 Å². The van der Waals surface area contributed by atoms with Crippen molar-refractivity contribution in [3.8, 4) is 11.5 Å². The Labute approximate surface area is 110 Å². The molecule has 0 saturated carbocycles. The highest BCUT2D eigenvalue weighted by molar-refractivity contribution is 7.12. The van der Waals surface area contributed by atoms with Crippen LogP contribution >= 0.6 is 11.3 Å². The van der Waals surface area contributed by atoms with Crippen LogP contribution in [0.2, 0.25) is 0 Å². The van der Waals surface area contributed by atoms with E-state index in [-0.39, 0.29) is 5.97 Å². The summed E-state index contributed by atoms with van der Waals surface area (Å²) in [6.07, 6.45) is 0. The van der Waals surface area contributed by atoms with Gasteiger partial charge >= 0.3 is 5.97 Å². The standard InChI is InChI=1S/C14H14O3S/c1-3-16-11-6-4-5-7-12(11)17-14(15)13-10(2)8-9-18-13/h4-9H,3H2,1-2H3. The molecule has 3 nitrogen and oxygen atoms in total. The molecule has 0 saturated heterocycles. The lowest BCUT2D eigenvalue weighted by Crippen LogP contribution is -2.09. The smallest absolute Gasteiger partial charge is 0.354 e. The van der Waals surface area contributed by atoms with Crippen molar-refractivity contribution in [1.82, 2.24) is 0 Å². The Morgan fingerprint density at radius 1 is 1.22 bits per heavy atom. The van der Waals surface area contributed by atoms with Gasteiger partial charge in [-0.2, -0.15) is 0 Å². The molecule has 0 bridgehead atoms. The Morgan fingerprint density at radius 2 is 1.94 bits per heavy atom. The summed E-state index contributed by atoms with van der Waals surface area (Å²) < 4.78 is 10.8. The SMILES string of the molecule is CCOc1ccccc1OC(=O)c1sccc1C. The van der Waals surface area contributed by atoms with Crippen LogP contribution in [0.4, 0.5) is 0 Å². The van der Waals surface area contributed by atoms with Crippen LogP contribution < -0.4 is 9.47 Å². The number of carbonyl (C=O) groups is 1. The average molecular weight is 262 g/mol. The number of carbonyl (C=O) groups excluding carboxylic acids is 1. The van der Waals surface area contributed by atoms with Gasteiger partial charge in [0.1, 0.15) is 4.88 Å². The third-order valence-corrected chi connectivity index (χ3v) is 3.40. The van der Waals surface area contributed by atoms with Gasteiger partial charge in [0, 0.05) is 0 Å². The highest BCUT2D eigenvalue weighted by atomic mass is 32.1. The van der Waals surface area contributed by atoms with Gasteiger partial charge in [-0.1, -0.05) is 12.1 Å². The molecule has 0 spiro atoms. The maximum atomic E-state index is 12.0. The van der Waals surface area contributed by atoms with E-state index in [9.17, 15) is 4.79 Å². The summed E-state index contributed by atoms with van der Waals surface area (Å²) in [6.45, 7) is 4.32. The predicted octanol–water partition coefficient (Wildman–Crippen LogP) is 3.67. The third kappa shape index (κ3) is 2.71. The van der Waals surface area contributed by atoms with Gasteiger partial charge in [-0.25, -0.2) is 4.79 Å². The molecule has 18 heavy (non-hydrogen) atoms. The van der Waals surface area contributed by atoms with Crippen molar-refractivity contribution in [2.75, 3.05) is 6.61 Å². The van der Waals surface area contributed by atoms with Crippen LogP contribution in [0.5, 0.6) is 11.5 Å². The summed E-state index contributed by atoms with van der Waals surface area (Å²) in [6, 6.07) is 9.07. The van der Waals surface area contributed by atoms with Crippen molar-refractivity contribution in [2.24, 2.45) is 0 Å². The largest absolute Gasteiger partial charge is 0.490 e. The molecule has 0 atom stereocenters. The Morgan fingerprint density at radius 3 is 2.56 bits per heavy atom. The van der Waals surface area contributed by atoms with Gasteiger partial charge in [0.15, 0.2) is 11.5 Å². The number of aryl methyl sites for hydroxylation is 1. The molecule has 4 heteroatoms. The van der Waals surface area contributed by atoms with Crippen LogP contribution in [-0.2, 0) is 0 Å². The molecule has 1 heterocycles. The number of thiophene rings is 1. The molecule has 0 amide bonds. The first-order valence-corrected chi connectivity index (χ1v) is 6.58. The Kier molecular flexibility index (Phi) is 3.99. The van der Waals surface area contributed by atoms with Crippen LogP contribution in [0.1, 0.15) is 22.2 Å². The van der Waals surface area contributed by atoms with Crippen molar-refractivity contribution in [2.45, 2.75) is 13.8 Å². The number of rotatable bonds is 4. The van der Waals surface area contributed by atoms with Crippen molar-refractivity contribution >= 4 is 17.3 Å². The Hall–Kier alpha value is -1.81. The van der Waals surface area contributed by atoms with E-state index in [1.807, 2.05) is 37.4 Å². The zero-order chi connectivity index (χ0) is 13.0. The molecule has 0 aliphatic heterocycles. The second-order valence-corrected chi connectivity index (χ2v) is 4.62. The Bertz CT molecular complexity index is 545. The summed E-state index contributed by atoms with van der Waals surface area (Å²) >= 11 is 1.38. The second kappa shape index (κ2) is 5.69. The molecule has 1 aromatic carbocycles. The molecule has 1 aromatic heterocycles. The van der Waals surface area contributed by atoms with Gasteiger partial charge in [-0.05, 0) is 43.0 Å².